The second kappa shape index (κ2) is 10.3. The number of alkyl halides is 3. The number of rotatable bonds is 7. The molecule has 10 heteroatoms. The van der Waals surface area contributed by atoms with Gasteiger partial charge in [-0.05, 0) is 50.3 Å². The van der Waals surface area contributed by atoms with Crippen molar-refractivity contribution in [2.24, 2.45) is 5.92 Å². The summed E-state index contributed by atoms with van der Waals surface area (Å²) in [5.41, 5.74) is 1.47. The molecular formula is C25H29F3N4O2S. The monoisotopic (exact) mass is 506 g/mol. The van der Waals surface area contributed by atoms with E-state index in [1.807, 2.05) is 5.38 Å². The molecule has 0 saturated carbocycles. The summed E-state index contributed by atoms with van der Waals surface area (Å²) in [6.45, 7) is 6.67. The van der Waals surface area contributed by atoms with Gasteiger partial charge in [0.25, 0.3) is 0 Å². The zero-order valence-electron chi connectivity index (χ0n) is 19.6. The van der Waals surface area contributed by atoms with Gasteiger partial charge in [0, 0.05) is 49.6 Å². The lowest BCUT2D eigenvalue weighted by Crippen LogP contribution is -2.46. The maximum Gasteiger partial charge on any atom is 0.573 e. The molecule has 1 atom stereocenters. The Morgan fingerprint density at radius 3 is 2.60 bits per heavy atom. The van der Waals surface area contributed by atoms with Crippen LogP contribution in [0.1, 0.15) is 32.6 Å². The second-order valence-electron chi connectivity index (χ2n) is 9.02. The number of thiophene rings is 1. The molecule has 0 N–H and O–H groups in total. The Bertz CT molecular complexity index is 1140. The minimum absolute atomic E-state index is 0.170. The summed E-state index contributed by atoms with van der Waals surface area (Å²) in [7, 11) is 0. The van der Waals surface area contributed by atoms with E-state index in [-0.39, 0.29) is 12.0 Å². The van der Waals surface area contributed by atoms with E-state index in [1.54, 1.807) is 18.5 Å². The lowest BCUT2D eigenvalue weighted by Gasteiger charge is -2.40. The summed E-state index contributed by atoms with van der Waals surface area (Å²) in [5, 5.41) is 2.81. The third kappa shape index (κ3) is 5.39. The fraction of sp³-hybridized carbons (Fsp3) is 0.520. The van der Waals surface area contributed by atoms with Gasteiger partial charge in [0.1, 0.15) is 29.0 Å². The number of aromatic nitrogens is 2. The van der Waals surface area contributed by atoms with Crippen LogP contribution in [0.25, 0.3) is 21.3 Å². The fourth-order valence-electron chi connectivity index (χ4n) is 5.28. The Hall–Kier alpha value is -2.43. The third-order valence-electron chi connectivity index (χ3n) is 6.81. The molecule has 1 unspecified atom stereocenters. The van der Waals surface area contributed by atoms with Crippen molar-refractivity contribution in [2.45, 2.75) is 45.2 Å². The van der Waals surface area contributed by atoms with Crippen LogP contribution in [-0.4, -0.2) is 60.2 Å². The number of hydrogen-bond donors (Lipinski definition) is 0. The van der Waals surface area contributed by atoms with Crippen molar-refractivity contribution in [1.82, 2.24) is 14.9 Å². The topological polar surface area (TPSA) is 50.7 Å². The molecule has 4 heterocycles. The Labute approximate surface area is 206 Å². The smallest absolute Gasteiger partial charge is 0.406 e. The number of halogens is 3. The van der Waals surface area contributed by atoms with Crippen molar-refractivity contribution in [2.75, 3.05) is 37.7 Å². The molecular weight excluding hydrogens is 477 g/mol. The van der Waals surface area contributed by atoms with E-state index in [0.29, 0.717) is 18.1 Å². The molecule has 0 amide bonds. The highest BCUT2D eigenvalue weighted by Crippen LogP contribution is 2.40. The number of ether oxygens (including phenoxy) is 2. The zero-order chi connectivity index (χ0) is 24.4. The highest BCUT2D eigenvalue weighted by molar-refractivity contribution is 7.17. The lowest BCUT2D eigenvalue weighted by molar-refractivity contribution is -0.274. The SMILES string of the molecule is CCOC(C1CCN(c2ncnc3scc(-c4cccc(OC(F)(F)F)c4)c23)CC1)N1CCCC1. The lowest BCUT2D eigenvalue weighted by atomic mass is 9.93. The van der Waals surface area contributed by atoms with E-state index >= 15 is 0 Å². The molecule has 2 saturated heterocycles. The molecule has 2 fully saturated rings. The predicted octanol–water partition coefficient (Wildman–Crippen LogP) is 5.93. The van der Waals surface area contributed by atoms with Crippen molar-refractivity contribution in [1.29, 1.82) is 0 Å². The first-order valence-electron chi connectivity index (χ1n) is 12.1. The van der Waals surface area contributed by atoms with Crippen LogP contribution in [0.3, 0.4) is 0 Å². The Balaban J connectivity index is 1.39. The first-order chi connectivity index (χ1) is 16.9. The van der Waals surface area contributed by atoms with Gasteiger partial charge in [-0.15, -0.1) is 24.5 Å². The molecule has 0 aliphatic carbocycles. The first kappa shape index (κ1) is 24.3. The van der Waals surface area contributed by atoms with Crippen LogP contribution in [-0.2, 0) is 4.74 Å². The summed E-state index contributed by atoms with van der Waals surface area (Å²) >= 11 is 1.47. The van der Waals surface area contributed by atoms with Gasteiger partial charge in [0.15, 0.2) is 0 Å². The minimum atomic E-state index is -4.73. The van der Waals surface area contributed by atoms with Crippen LogP contribution in [0.5, 0.6) is 5.75 Å². The summed E-state index contributed by atoms with van der Waals surface area (Å²) in [6.07, 6.45) is 1.48. The van der Waals surface area contributed by atoms with Crippen LogP contribution < -0.4 is 9.64 Å². The van der Waals surface area contributed by atoms with Crippen molar-refractivity contribution in [3.8, 4) is 16.9 Å². The Morgan fingerprint density at radius 2 is 1.89 bits per heavy atom. The molecule has 188 valence electrons. The van der Waals surface area contributed by atoms with Gasteiger partial charge in [0.05, 0.1) is 5.39 Å². The van der Waals surface area contributed by atoms with E-state index < -0.39 is 6.36 Å². The molecule has 6 nitrogen and oxygen atoms in total. The summed E-state index contributed by atoms with van der Waals surface area (Å²) in [6, 6.07) is 6.08. The van der Waals surface area contributed by atoms with Crippen molar-refractivity contribution in [3.05, 3.63) is 36.0 Å². The van der Waals surface area contributed by atoms with E-state index in [2.05, 4.69) is 31.4 Å². The number of likely N-dealkylation sites (tertiary alicyclic amines) is 1. The number of nitrogens with zero attached hydrogens (tertiary/aromatic N) is 4. The number of fused-ring (bicyclic) bond motifs is 1. The molecule has 3 aromatic rings. The molecule has 35 heavy (non-hydrogen) atoms. The maximum absolute atomic E-state index is 12.8. The standard InChI is InChI=1S/C25H29F3N4O2S/c1-2-33-24(32-10-3-4-11-32)17-8-12-31(13-9-17)22-21-20(15-35-23(21)30-16-29-22)18-6-5-7-19(14-18)34-25(26,27)28/h5-7,14-17,24H,2-4,8-13H2,1H3. The zero-order valence-corrected chi connectivity index (χ0v) is 20.4. The predicted molar refractivity (Wildman–Crippen MR) is 131 cm³/mol. The van der Waals surface area contributed by atoms with Gasteiger partial charge in [-0.3, -0.25) is 4.90 Å². The molecule has 5 rings (SSSR count). The van der Waals surface area contributed by atoms with Crippen molar-refractivity contribution in [3.63, 3.8) is 0 Å². The van der Waals surface area contributed by atoms with E-state index in [9.17, 15) is 13.2 Å². The van der Waals surface area contributed by atoms with E-state index in [0.717, 1.165) is 60.6 Å². The molecule has 2 aliphatic heterocycles. The number of hydrogen-bond acceptors (Lipinski definition) is 7. The largest absolute Gasteiger partial charge is 0.573 e. The Morgan fingerprint density at radius 1 is 1.11 bits per heavy atom. The molecule has 0 bridgehead atoms. The average molecular weight is 507 g/mol. The number of piperidine rings is 1. The van der Waals surface area contributed by atoms with Crippen LogP contribution in [0.15, 0.2) is 36.0 Å². The molecule has 1 aromatic carbocycles. The number of benzene rings is 1. The number of anilines is 1. The van der Waals surface area contributed by atoms with Crippen LogP contribution in [0.4, 0.5) is 19.0 Å². The second-order valence-corrected chi connectivity index (χ2v) is 9.87. The van der Waals surface area contributed by atoms with E-state index in [4.69, 9.17) is 4.74 Å². The van der Waals surface area contributed by atoms with Gasteiger partial charge in [-0.2, -0.15) is 0 Å². The summed E-state index contributed by atoms with van der Waals surface area (Å²) in [5.74, 6) is 1.07. The summed E-state index contributed by atoms with van der Waals surface area (Å²) in [4.78, 5) is 14.6. The third-order valence-corrected chi connectivity index (χ3v) is 7.70. The fourth-order valence-corrected chi connectivity index (χ4v) is 6.19. The van der Waals surface area contributed by atoms with Crippen molar-refractivity contribution >= 4 is 27.4 Å². The molecule has 0 spiro atoms. The molecule has 0 radical (unpaired) electrons. The highest BCUT2D eigenvalue weighted by Gasteiger charge is 2.34. The van der Waals surface area contributed by atoms with Gasteiger partial charge >= 0.3 is 6.36 Å². The van der Waals surface area contributed by atoms with Crippen molar-refractivity contribution < 1.29 is 22.6 Å². The minimum Gasteiger partial charge on any atom is -0.406 e. The highest BCUT2D eigenvalue weighted by atomic mass is 32.1. The van der Waals surface area contributed by atoms with Gasteiger partial charge in [-0.25, -0.2) is 9.97 Å². The molecule has 2 aromatic heterocycles. The maximum atomic E-state index is 12.8. The average Bonchev–Trinajstić information content (AvgIpc) is 3.52. The van der Waals surface area contributed by atoms with Gasteiger partial charge < -0.3 is 14.4 Å². The van der Waals surface area contributed by atoms with Gasteiger partial charge in [-0.1, -0.05) is 12.1 Å². The first-order valence-corrected chi connectivity index (χ1v) is 13.0. The Kier molecular flexibility index (Phi) is 7.13. The van der Waals surface area contributed by atoms with Gasteiger partial charge in [0.2, 0.25) is 0 Å². The quantitative estimate of drug-likeness (QED) is 0.396. The summed E-state index contributed by atoms with van der Waals surface area (Å²) < 4.78 is 48.6. The normalized spacial score (nSPS) is 18.9. The van der Waals surface area contributed by atoms with Crippen LogP contribution >= 0.6 is 11.3 Å². The van der Waals surface area contributed by atoms with Crippen LogP contribution in [0.2, 0.25) is 0 Å². The van der Waals surface area contributed by atoms with E-state index in [1.165, 1.54) is 36.3 Å². The van der Waals surface area contributed by atoms with Crippen LogP contribution in [0, 0.1) is 5.92 Å². The molecule has 2 aliphatic rings.